The van der Waals surface area contributed by atoms with Crippen LogP contribution in [0.3, 0.4) is 0 Å². The van der Waals surface area contributed by atoms with Crippen LogP contribution in [0.2, 0.25) is 0 Å². The van der Waals surface area contributed by atoms with Crippen molar-refractivity contribution in [1.82, 2.24) is 20.4 Å². The first-order valence-corrected chi connectivity index (χ1v) is 10.1. The molecule has 0 spiro atoms. The van der Waals surface area contributed by atoms with Crippen molar-refractivity contribution >= 4 is 17.2 Å². The molecule has 1 unspecified atom stereocenters. The molecule has 0 saturated carbocycles. The number of likely N-dealkylation sites (tertiary alicyclic amines) is 1. The van der Waals surface area contributed by atoms with Gasteiger partial charge in [0.15, 0.2) is 0 Å². The number of hydrogen-bond donors (Lipinski definition) is 1. The Hall–Kier alpha value is -2.64. The maximum Gasteiger partial charge on any atom is 0.282 e. The van der Waals surface area contributed by atoms with Gasteiger partial charge in [-0.1, -0.05) is 53.8 Å². The second kappa shape index (κ2) is 8.58. The molecule has 0 bridgehead atoms. The lowest BCUT2D eigenvalue weighted by atomic mass is 10.0. The fourth-order valence-corrected chi connectivity index (χ4v) is 4.29. The van der Waals surface area contributed by atoms with Crippen LogP contribution in [0.15, 0.2) is 54.6 Å². The maximum atomic E-state index is 12.9. The van der Waals surface area contributed by atoms with E-state index in [0.717, 1.165) is 30.0 Å². The molecule has 1 fully saturated rings. The molecule has 7 heteroatoms. The maximum absolute atomic E-state index is 12.9. The van der Waals surface area contributed by atoms with E-state index in [1.54, 1.807) is 12.1 Å². The summed E-state index contributed by atoms with van der Waals surface area (Å²) in [5.74, 6) is -0.548. The van der Waals surface area contributed by atoms with Gasteiger partial charge in [0, 0.05) is 12.6 Å². The van der Waals surface area contributed by atoms with E-state index >= 15 is 0 Å². The highest BCUT2D eigenvalue weighted by Crippen LogP contribution is 2.33. The number of halogens is 1. The van der Waals surface area contributed by atoms with Crippen LogP contribution in [0.25, 0.3) is 0 Å². The normalized spacial score (nSPS) is 17.0. The van der Waals surface area contributed by atoms with Crippen molar-refractivity contribution in [1.29, 1.82) is 0 Å². The van der Waals surface area contributed by atoms with Crippen LogP contribution in [0, 0.1) is 5.82 Å². The van der Waals surface area contributed by atoms with Crippen LogP contribution in [0.1, 0.15) is 44.8 Å². The van der Waals surface area contributed by atoms with Gasteiger partial charge in [-0.2, -0.15) is 0 Å². The Morgan fingerprint density at radius 1 is 1.14 bits per heavy atom. The van der Waals surface area contributed by atoms with Crippen molar-refractivity contribution in [2.75, 3.05) is 6.54 Å². The van der Waals surface area contributed by atoms with Crippen LogP contribution < -0.4 is 5.32 Å². The minimum Gasteiger partial charge on any atom is -0.346 e. The second-order valence-electron chi connectivity index (χ2n) is 6.85. The molecule has 5 nitrogen and oxygen atoms in total. The van der Waals surface area contributed by atoms with E-state index in [4.69, 9.17) is 0 Å². The van der Waals surface area contributed by atoms with Gasteiger partial charge < -0.3 is 5.32 Å². The Labute approximate surface area is 167 Å². The number of nitrogens with one attached hydrogen (secondary N) is 1. The minimum atomic E-state index is -0.292. The third-order valence-corrected chi connectivity index (χ3v) is 5.82. The minimum absolute atomic E-state index is 0.255. The summed E-state index contributed by atoms with van der Waals surface area (Å²) in [4.78, 5) is 14.7. The number of nitrogens with zero attached hydrogens (tertiary/aromatic N) is 3. The van der Waals surface area contributed by atoms with Gasteiger partial charge in [-0.3, -0.25) is 9.69 Å². The molecular weight excluding hydrogens is 375 g/mol. The van der Waals surface area contributed by atoms with Crippen molar-refractivity contribution in [3.63, 3.8) is 0 Å². The van der Waals surface area contributed by atoms with Crippen molar-refractivity contribution in [2.45, 2.75) is 32.0 Å². The zero-order valence-corrected chi connectivity index (χ0v) is 16.2. The molecule has 1 saturated heterocycles. The van der Waals surface area contributed by atoms with Crippen LogP contribution in [-0.4, -0.2) is 27.5 Å². The standard InChI is InChI=1S/C21H21FN4OS/c22-17-10-8-15(9-11-17)13-23-20(27)21-25-24-19(28-21)14-26-12-4-7-18(26)16-5-2-1-3-6-16/h1-3,5-6,8-11,18H,4,7,12-14H2,(H,23,27). The summed E-state index contributed by atoms with van der Waals surface area (Å²) in [5.41, 5.74) is 2.16. The molecule has 0 aliphatic carbocycles. The molecule has 1 aliphatic heterocycles. The summed E-state index contributed by atoms with van der Waals surface area (Å²) in [6, 6.07) is 16.9. The molecule has 28 heavy (non-hydrogen) atoms. The molecule has 0 radical (unpaired) electrons. The molecule has 2 heterocycles. The van der Waals surface area contributed by atoms with Gasteiger partial charge in [0.25, 0.3) is 5.91 Å². The lowest BCUT2D eigenvalue weighted by Gasteiger charge is -2.23. The van der Waals surface area contributed by atoms with Gasteiger partial charge >= 0.3 is 0 Å². The smallest absolute Gasteiger partial charge is 0.282 e. The number of rotatable bonds is 6. The summed E-state index contributed by atoms with van der Waals surface area (Å²) in [5, 5.41) is 12.3. The van der Waals surface area contributed by atoms with E-state index in [-0.39, 0.29) is 11.7 Å². The first-order chi connectivity index (χ1) is 13.7. The third kappa shape index (κ3) is 4.43. The van der Waals surface area contributed by atoms with Gasteiger partial charge in [0.05, 0.1) is 6.54 Å². The van der Waals surface area contributed by atoms with Gasteiger partial charge in [-0.15, -0.1) is 10.2 Å². The SMILES string of the molecule is O=C(NCc1ccc(F)cc1)c1nnc(CN2CCCC2c2ccccc2)s1. The Morgan fingerprint density at radius 3 is 2.71 bits per heavy atom. The highest BCUT2D eigenvalue weighted by atomic mass is 32.1. The van der Waals surface area contributed by atoms with E-state index in [0.29, 0.717) is 24.1 Å². The molecule has 144 valence electrons. The van der Waals surface area contributed by atoms with Gasteiger partial charge in [0.2, 0.25) is 5.01 Å². The Kier molecular flexibility index (Phi) is 5.73. The molecular formula is C21H21FN4OS. The van der Waals surface area contributed by atoms with Gasteiger partial charge in [-0.05, 0) is 42.6 Å². The predicted octanol–water partition coefficient (Wildman–Crippen LogP) is 3.94. The first kappa shape index (κ1) is 18.7. The highest BCUT2D eigenvalue weighted by molar-refractivity contribution is 7.13. The molecule has 1 N–H and O–H groups in total. The largest absolute Gasteiger partial charge is 0.346 e. The summed E-state index contributed by atoms with van der Waals surface area (Å²) in [6.45, 7) is 2.05. The van der Waals surface area contributed by atoms with Crippen molar-refractivity contribution in [3.8, 4) is 0 Å². The van der Waals surface area contributed by atoms with Crippen LogP contribution in [-0.2, 0) is 13.1 Å². The van der Waals surface area contributed by atoms with Crippen molar-refractivity contribution in [2.24, 2.45) is 0 Å². The summed E-state index contributed by atoms with van der Waals surface area (Å²) in [7, 11) is 0. The fraction of sp³-hybridized carbons (Fsp3) is 0.286. The number of carbonyl (C=O) groups excluding carboxylic acids is 1. The van der Waals surface area contributed by atoms with E-state index in [2.05, 4.69) is 44.7 Å². The van der Waals surface area contributed by atoms with Crippen molar-refractivity contribution < 1.29 is 9.18 Å². The van der Waals surface area contributed by atoms with Crippen molar-refractivity contribution in [3.05, 3.63) is 81.6 Å². The Morgan fingerprint density at radius 2 is 1.93 bits per heavy atom. The quantitative estimate of drug-likeness (QED) is 0.686. The number of carbonyl (C=O) groups is 1. The van der Waals surface area contributed by atoms with E-state index < -0.39 is 0 Å². The average Bonchev–Trinajstić information content (AvgIpc) is 3.38. The molecule has 1 aliphatic rings. The average molecular weight is 396 g/mol. The molecule has 1 aromatic heterocycles. The molecule has 3 aromatic rings. The monoisotopic (exact) mass is 396 g/mol. The Balaban J connectivity index is 1.36. The number of amides is 1. The van der Waals surface area contributed by atoms with E-state index in [9.17, 15) is 9.18 Å². The lowest BCUT2D eigenvalue weighted by Crippen LogP contribution is -2.22. The summed E-state index contributed by atoms with van der Waals surface area (Å²) < 4.78 is 12.9. The predicted molar refractivity (Wildman–Crippen MR) is 106 cm³/mol. The van der Waals surface area contributed by atoms with E-state index in [1.807, 2.05) is 6.07 Å². The number of benzene rings is 2. The first-order valence-electron chi connectivity index (χ1n) is 9.33. The van der Waals surface area contributed by atoms with Crippen LogP contribution in [0.5, 0.6) is 0 Å². The second-order valence-corrected chi connectivity index (χ2v) is 7.91. The lowest BCUT2D eigenvalue weighted by molar-refractivity contribution is 0.0950. The summed E-state index contributed by atoms with van der Waals surface area (Å²) >= 11 is 1.33. The number of aromatic nitrogens is 2. The zero-order valence-electron chi connectivity index (χ0n) is 15.3. The van der Waals surface area contributed by atoms with Crippen LogP contribution >= 0.6 is 11.3 Å². The van der Waals surface area contributed by atoms with E-state index in [1.165, 1.54) is 29.0 Å². The molecule has 1 amide bonds. The highest BCUT2D eigenvalue weighted by Gasteiger charge is 2.27. The number of hydrogen-bond acceptors (Lipinski definition) is 5. The van der Waals surface area contributed by atoms with Gasteiger partial charge in [-0.25, -0.2) is 4.39 Å². The topological polar surface area (TPSA) is 58.1 Å². The molecule has 2 aromatic carbocycles. The fourth-order valence-electron chi connectivity index (χ4n) is 3.51. The Bertz CT molecular complexity index is 929. The van der Waals surface area contributed by atoms with Crippen LogP contribution in [0.4, 0.5) is 4.39 Å². The van der Waals surface area contributed by atoms with Gasteiger partial charge in [0.1, 0.15) is 10.8 Å². The third-order valence-electron chi connectivity index (χ3n) is 4.91. The molecule has 1 atom stereocenters. The summed E-state index contributed by atoms with van der Waals surface area (Å²) in [6.07, 6.45) is 2.29. The zero-order chi connectivity index (χ0) is 19.3. The molecule has 4 rings (SSSR count).